The highest BCUT2D eigenvalue weighted by Crippen LogP contribution is 2.17. The first-order chi connectivity index (χ1) is 9.97. The summed E-state index contributed by atoms with van der Waals surface area (Å²) in [6, 6.07) is 1.98. The van der Waals surface area contributed by atoms with Gasteiger partial charge in [-0.1, -0.05) is 0 Å². The zero-order valence-electron chi connectivity index (χ0n) is 13.6. The number of nitrogens with zero attached hydrogens (tertiary/aromatic N) is 4. The molecule has 0 N–H and O–H groups in total. The highest BCUT2D eigenvalue weighted by atomic mass is 16.2. The van der Waals surface area contributed by atoms with Crippen LogP contribution >= 0.6 is 0 Å². The first-order valence-corrected chi connectivity index (χ1v) is 7.58. The Hall–Kier alpha value is -1.91. The van der Waals surface area contributed by atoms with Gasteiger partial charge in [0, 0.05) is 37.0 Å². The Morgan fingerprint density at radius 1 is 1.24 bits per heavy atom. The number of hydrogen-bond acceptors (Lipinski definition) is 3. The summed E-state index contributed by atoms with van der Waals surface area (Å²) in [5, 5.41) is 4.47. The predicted octanol–water partition coefficient (Wildman–Crippen LogP) is 2.46. The molecule has 2 aromatic rings. The minimum Gasteiger partial charge on any atom is -0.343 e. The maximum atomic E-state index is 12.2. The van der Waals surface area contributed by atoms with Gasteiger partial charge in [0.05, 0.1) is 5.69 Å². The molecule has 0 aliphatic heterocycles. The Bertz CT molecular complexity index is 656. The van der Waals surface area contributed by atoms with E-state index < -0.39 is 0 Å². The van der Waals surface area contributed by atoms with Crippen molar-refractivity contribution < 1.29 is 4.79 Å². The van der Waals surface area contributed by atoms with E-state index in [0.717, 1.165) is 47.8 Å². The second-order valence-electron chi connectivity index (χ2n) is 5.38. The molecule has 0 spiro atoms. The van der Waals surface area contributed by atoms with Crippen molar-refractivity contribution in [3.8, 4) is 0 Å². The van der Waals surface area contributed by atoms with Crippen LogP contribution in [0.1, 0.15) is 42.9 Å². The summed E-state index contributed by atoms with van der Waals surface area (Å²) in [7, 11) is 0. The summed E-state index contributed by atoms with van der Waals surface area (Å²) in [5.74, 6) is 0.204. The van der Waals surface area contributed by atoms with Crippen LogP contribution in [0.3, 0.4) is 0 Å². The fourth-order valence-electron chi connectivity index (χ4n) is 2.77. The summed E-state index contributed by atoms with van der Waals surface area (Å²) in [6.45, 7) is 11.6. The first kappa shape index (κ1) is 15.5. The van der Waals surface area contributed by atoms with Crippen LogP contribution in [0.15, 0.2) is 6.07 Å². The van der Waals surface area contributed by atoms with E-state index in [2.05, 4.69) is 10.1 Å². The van der Waals surface area contributed by atoms with E-state index in [-0.39, 0.29) is 5.91 Å². The second-order valence-corrected chi connectivity index (χ2v) is 5.38. The first-order valence-electron chi connectivity index (χ1n) is 7.58. The van der Waals surface area contributed by atoms with Gasteiger partial charge in [0.15, 0.2) is 5.65 Å². The lowest BCUT2D eigenvalue weighted by atomic mass is 10.1. The topological polar surface area (TPSA) is 50.5 Å². The van der Waals surface area contributed by atoms with Crippen molar-refractivity contribution in [1.29, 1.82) is 0 Å². The van der Waals surface area contributed by atoms with Gasteiger partial charge in [0.25, 0.3) is 0 Å². The van der Waals surface area contributed by atoms with Crippen LogP contribution in [0.25, 0.3) is 5.65 Å². The zero-order valence-corrected chi connectivity index (χ0v) is 13.6. The van der Waals surface area contributed by atoms with Gasteiger partial charge < -0.3 is 4.90 Å². The molecule has 0 unspecified atom stereocenters. The molecule has 0 fully saturated rings. The molecular weight excluding hydrogens is 264 g/mol. The molecule has 0 aromatic carbocycles. The normalized spacial score (nSPS) is 11.1. The van der Waals surface area contributed by atoms with Gasteiger partial charge in [-0.2, -0.15) is 5.10 Å². The molecule has 0 aliphatic rings. The Morgan fingerprint density at radius 3 is 2.52 bits per heavy atom. The number of aromatic nitrogens is 3. The van der Waals surface area contributed by atoms with Gasteiger partial charge in [0.1, 0.15) is 0 Å². The number of rotatable bonds is 5. The monoisotopic (exact) mass is 288 g/mol. The summed E-state index contributed by atoms with van der Waals surface area (Å²) < 4.78 is 1.87. The van der Waals surface area contributed by atoms with Gasteiger partial charge in [-0.25, -0.2) is 9.50 Å². The molecule has 0 saturated heterocycles. The van der Waals surface area contributed by atoms with Crippen LogP contribution < -0.4 is 0 Å². The van der Waals surface area contributed by atoms with E-state index >= 15 is 0 Å². The molecule has 2 aromatic heterocycles. The molecular formula is C16H24N4O. The smallest absolute Gasteiger partial charge is 0.222 e. The molecule has 0 saturated carbocycles. The van der Waals surface area contributed by atoms with E-state index in [0.29, 0.717) is 6.42 Å². The Morgan fingerprint density at radius 2 is 1.90 bits per heavy atom. The molecule has 0 radical (unpaired) electrons. The number of hydrogen-bond donors (Lipinski definition) is 0. The van der Waals surface area contributed by atoms with Gasteiger partial charge >= 0.3 is 0 Å². The van der Waals surface area contributed by atoms with Gasteiger partial charge in [-0.3, -0.25) is 4.79 Å². The number of carbonyl (C=O) groups excluding carboxylic acids is 1. The van der Waals surface area contributed by atoms with Crippen molar-refractivity contribution in [2.24, 2.45) is 0 Å². The molecule has 21 heavy (non-hydrogen) atoms. The highest BCUT2D eigenvalue weighted by molar-refractivity contribution is 5.76. The SMILES string of the molecule is CCN(CC)C(=O)CCc1c(C)nc2cc(C)nn2c1C. The Labute approximate surface area is 126 Å². The van der Waals surface area contributed by atoms with Crippen molar-refractivity contribution in [1.82, 2.24) is 19.5 Å². The lowest BCUT2D eigenvalue weighted by Crippen LogP contribution is -2.30. The third-order valence-electron chi connectivity index (χ3n) is 3.99. The Balaban J connectivity index is 2.24. The van der Waals surface area contributed by atoms with Gasteiger partial charge in [-0.05, 0) is 46.6 Å². The van der Waals surface area contributed by atoms with Crippen molar-refractivity contribution in [2.75, 3.05) is 13.1 Å². The van der Waals surface area contributed by atoms with Crippen LogP contribution in [0.2, 0.25) is 0 Å². The summed E-state index contributed by atoms with van der Waals surface area (Å²) >= 11 is 0. The molecule has 2 rings (SSSR count). The molecule has 5 heteroatoms. The van der Waals surface area contributed by atoms with Crippen LogP contribution in [0, 0.1) is 20.8 Å². The number of carbonyl (C=O) groups is 1. The summed E-state index contributed by atoms with van der Waals surface area (Å²) in [4.78, 5) is 18.6. The van der Waals surface area contributed by atoms with Crippen molar-refractivity contribution in [3.05, 3.63) is 28.7 Å². The number of amides is 1. The molecule has 2 heterocycles. The van der Waals surface area contributed by atoms with Crippen LogP contribution in [-0.4, -0.2) is 38.5 Å². The van der Waals surface area contributed by atoms with E-state index in [4.69, 9.17) is 0 Å². The lowest BCUT2D eigenvalue weighted by molar-refractivity contribution is -0.130. The fraction of sp³-hybridized carbons (Fsp3) is 0.562. The predicted molar refractivity (Wildman–Crippen MR) is 83.4 cm³/mol. The molecule has 0 aliphatic carbocycles. The molecule has 5 nitrogen and oxygen atoms in total. The highest BCUT2D eigenvalue weighted by Gasteiger charge is 2.14. The quantitative estimate of drug-likeness (QED) is 0.849. The van der Waals surface area contributed by atoms with E-state index in [1.165, 1.54) is 0 Å². The van der Waals surface area contributed by atoms with Crippen molar-refractivity contribution in [3.63, 3.8) is 0 Å². The molecule has 1 amide bonds. The summed E-state index contributed by atoms with van der Waals surface area (Å²) in [5.41, 5.74) is 5.04. The summed E-state index contributed by atoms with van der Waals surface area (Å²) in [6.07, 6.45) is 1.24. The third-order valence-corrected chi connectivity index (χ3v) is 3.99. The molecule has 114 valence electrons. The second kappa shape index (κ2) is 6.24. The fourth-order valence-corrected chi connectivity index (χ4v) is 2.77. The maximum absolute atomic E-state index is 12.2. The van der Waals surface area contributed by atoms with Crippen molar-refractivity contribution >= 4 is 11.6 Å². The van der Waals surface area contributed by atoms with Gasteiger partial charge in [-0.15, -0.1) is 0 Å². The minimum atomic E-state index is 0.204. The van der Waals surface area contributed by atoms with Gasteiger partial charge in [0.2, 0.25) is 5.91 Å². The maximum Gasteiger partial charge on any atom is 0.222 e. The van der Waals surface area contributed by atoms with E-state index in [9.17, 15) is 4.79 Å². The molecule has 0 atom stereocenters. The number of fused-ring (bicyclic) bond motifs is 1. The van der Waals surface area contributed by atoms with E-state index in [1.807, 2.05) is 50.1 Å². The minimum absolute atomic E-state index is 0.204. The molecule has 0 bridgehead atoms. The van der Waals surface area contributed by atoms with E-state index in [1.54, 1.807) is 0 Å². The zero-order chi connectivity index (χ0) is 15.6. The largest absolute Gasteiger partial charge is 0.343 e. The van der Waals surface area contributed by atoms with Crippen molar-refractivity contribution in [2.45, 2.75) is 47.5 Å². The third kappa shape index (κ3) is 3.06. The Kier molecular flexibility index (Phi) is 4.60. The van der Waals surface area contributed by atoms with Crippen LogP contribution in [0.4, 0.5) is 0 Å². The average molecular weight is 288 g/mol. The standard InChI is InChI=1S/C16H24N4O/c1-6-19(7-2)16(21)9-8-14-12(4)17-15-10-11(3)18-20(15)13(14)5/h10H,6-9H2,1-5H3. The van der Waals surface area contributed by atoms with Crippen LogP contribution in [0.5, 0.6) is 0 Å². The number of aryl methyl sites for hydroxylation is 3. The average Bonchev–Trinajstić information content (AvgIpc) is 2.80. The lowest BCUT2D eigenvalue weighted by Gasteiger charge is -2.19. The van der Waals surface area contributed by atoms with Crippen LogP contribution in [-0.2, 0) is 11.2 Å².